The number of carbonyl (C=O) groups is 5. The van der Waals surface area contributed by atoms with E-state index in [0.29, 0.717) is 31.5 Å². The monoisotopic (exact) mass is 554 g/mol. The number of likely N-dealkylation sites (tertiary alicyclic amines) is 1. The highest BCUT2D eigenvalue weighted by atomic mass is 16.2. The van der Waals surface area contributed by atoms with Gasteiger partial charge < -0.3 is 20.5 Å². The Morgan fingerprint density at radius 2 is 1.78 bits per heavy atom. The van der Waals surface area contributed by atoms with Crippen molar-refractivity contribution in [1.29, 1.82) is 0 Å². The van der Waals surface area contributed by atoms with Crippen LogP contribution in [0, 0.1) is 11.3 Å². The Balaban J connectivity index is 1.19. The number of carbonyl (C=O) groups excluding carboxylic acids is 5. The highest BCUT2D eigenvalue weighted by molar-refractivity contribution is 6.38. The van der Waals surface area contributed by atoms with Crippen molar-refractivity contribution >= 4 is 40.2 Å². The molecule has 2 aromatic carbocycles. The van der Waals surface area contributed by atoms with Gasteiger partial charge in [0.2, 0.25) is 11.7 Å². The van der Waals surface area contributed by atoms with Gasteiger partial charge in [0, 0.05) is 36.3 Å². The molecule has 1 unspecified atom stereocenters. The van der Waals surface area contributed by atoms with E-state index in [1.54, 1.807) is 11.0 Å². The van der Waals surface area contributed by atoms with Crippen LogP contribution in [0.1, 0.15) is 61.0 Å². The highest BCUT2D eigenvalue weighted by Gasteiger charge is 2.55. The van der Waals surface area contributed by atoms with Crippen LogP contribution in [0.2, 0.25) is 0 Å². The van der Waals surface area contributed by atoms with Crippen molar-refractivity contribution in [2.24, 2.45) is 11.3 Å². The number of hydrogen-bond donors (Lipinski definition) is 3. The van der Waals surface area contributed by atoms with E-state index in [0.717, 1.165) is 35.7 Å². The summed E-state index contributed by atoms with van der Waals surface area (Å²) >= 11 is 0. The lowest BCUT2D eigenvalue weighted by molar-refractivity contribution is -0.141. The third kappa shape index (κ3) is 5.66. The number of aromatic nitrogens is 1. The second-order valence-electron chi connectivity index (χ2n) is 11.8. The molecule has 3 N–H and O–H groups in total. The summed E-state index contributed by atoms with van der Waals surface area (Å²) < 4.78 is 0. The molecule has 9 nitrogen and oxygen atoms in total. The van der Waals surface area contributed by atoms with Gasteiger partial charge in [0.15, 0.2) is 0 Å². The number of nitrogens with zero attached hydrogens (tertiary/aromatic N) is 1. The van der Waals surface area contributed by atoms with E-state index in [2.05, 4.69) is 15.6 Å². The lowest BCUT2D eigenvalue weighted by Gasteiger charge is -2.26. The Hall–Kier alpha value is -4.27. The first kappa shape index (κ1) is 26.9. The van der Waals surface area contributed by atoms with E-state index in [9.17, 15) is 24.0 Å². The van der Waals surface area contributed by atoms with Crippen molar-refractivity contribution in [3.05, 3.63) is 71.9 Å². The molecule has 3 amide bonds. The topological polar surface area (TPSA) is 128 Å². The van der Waals surface area contributed by atoms with Crippen LogP contribution < -0.4 is 10.6 Å². The maximum absolute atomic E-state index is 13.8. The van der Waals surface area contributed by atoms with Crippen molar-refractivity contribution in [3.8, 4) is 0 Å². The second-order valence-corrected chi connectivity index (χ2v) is 11.8. The fraction of sp³-hybridized carbons (Fsp3) is 0.406. The fourth-order valence-electron chi connectivity index (χ4n) is 6.33. The first-order chi connectivity index (χ1) is 19.8. The molecule has 9 heteroatoms. The third-order valence-electron chi connectivity index (χ3n) is 8.89. The highest BCUT2D eigenvalue weighted by Crippen LogP contribution is 2.55. The molecule has 2 heterocycles. The van der Waals surface area contributed by atoms with Crippen molar-refractivity contribution in [2.75, 3.05) is 6.54 Å². The Kier molecular flexibility index (Phi) is 7.19. The number of aromatic amines is 1. The summed E-state index contributed by atoms with van der Waals surface area (Å²) in [6, 6.07) is 16.7. The Labute approximate surface area is 238 Å². The lowest BCUT2D eigenvalue weighted by Crippen LogP contribution is -2.54. The first-order valence-electron chi connectivity index (χ1n) is 14.4. The normalized spacial score (nSPS) is 21.7. The van der Waals surface area contributed by atoms with Crippen LogP contribution in [-0.4, -0.2) is 57.8 Å². The van der Waals surface area contributed by atoms with E-state index in [1.807, 2.05) is 54.6 Å². The van der Waals surface area contributed by atoms with Gasteiger partial charge in [-0.25, -0.2) is 0 Å². The van der Waals surface area contributed by atoms with Gasteiger partial charge >= 0.3 is 0 Å². The van der Waals surface area contributed by atoms with Crippen molar-refractivity contribution in [3.63, 3.8) is 0 Å². The molecule has 1 spiro atoms. The number of hydrogen-bond acceptors (Lipinski definition) is 5. The van der Waals surface area contributed by atoms with Gasteiger partial charge in [0.25, 0.3) is 11.8 Å². The number of amides is 3. The van der Waals surface area contributed by atoms with E-state index < -0.39 is 29.7 Å². The molecule has 2 aliphatic carbocycles. The second kappa shape index (κ2) is 11.0. The molecule has 3 atom stereocenters. The van der Waals surface area contributed by atoms with Gasteiger partial charge in [-0.15, -0.1) is 0 Å². The van der Waals surface area contributed by atoms with Gasteiger partial charge in [0.05, 0.1) is 6.04 Å². The third-order valence-corrected chi connectivity index (χ3v) is 8.89. The SMILES string of the molecule is O=C(NCc1ccccc1)C(=O)C(C[C@@H]1CCCC1=O)NC(=O)[C@@H]1CC2(CC2)CN1C(=O)c1cc2ccccc2[nH]1. The number of H-pyrrole nitrogens is 1. The molecular weight excluding hydrogens is 520 g/mol. The van der Waals surface area contributed by atoms with Crippen molar-refractivity contribution < 1.29 is 24.0 Å². The summed E-state index contributed by atoms with van der Waals surface area (Å²) in [5.41, 5.74) is 2.00. The van der Waals surface area contributed by atoms with Crippen LogP contribution in [0.25, 0.3) is 10.9 Å². The molecule has 41 heavy (non-hydrogen) atoms. The van der Waals surface area contributed by atoms with Crippen LogP contribution in [-0.2, 0) is 25.7 Å². The Morgan fingerprint density at radius 3 is 2.49 bits per heavy atom. The average Bonchev–Trinajstić information content (AvgIpc) is 3.28. The first-order valence-corrected chi connectivity index (χ1v) is 14.4. The molecular formula is C32H34N4O5. The minimum Gasteiger partial charge on any atom is -0.351 e. The summed E-state index contributed by atoms with van der Waals surface area (Å²) in [6.45, 7) is 0.642. The number of benzene rings is 2. The number of ketones is 2. The predicted molar refractivity (Wildman–Crippen MR) is 152 cm³/mol. The molecule has 1 aliphatic heterocycles. The molecule has 212 valence electrons. The van der Waals surface area contributed by atoms with Crippen LogP contribution >= 0.6 is 0 Å². The van der Waals surface area contributed by atoms with Gasteiger partial charge in [-0.2, -0.15) is 0 Å². The number of para-hydroxylation sites is 1. The average molecular weight is 555 g/mol. The van der Waals surface area contributed by atoms with E-state index in [1.165, 1.54) is 0 Å². The van der Waals surface area contributed by atoms with Crippen molar-refractivity contribution in [2.45, 2.75) is 63.6 Å². The molecule has 3 aliphatic rings. The summed E-state index contributed by atoms with van der Waals surface area (Å²) in [5.74, 6) is -2.64. The fourth-order valence-corrected chi connectivity index (χ4v) is 6.33. The molecule has 2 saturated carbocycles. The van der Waals surface area contributed by atoms with Crippen LogP contribution in [0.15, 0.2) is 60.7 Å². The summed E-state index contributed by atoms with van der Waals surface area (Å²) in [5, 5.41) is 6.37. The molecule has 1 saturated heterocycles. The maximum Gasteiger partial charge on any atom is 0.289 e. The van der Waals surface area contributed by atoms with Gasteiger partial charge in [-0.3, -0.25) is 24.0 Å². The number of fused-ring (bicyclic) bond motifs is 1. The molecule has 6 rings (SSSR count). The van der Waals surface area contributed by atoms with Crippen LogP contribution in [0.5, 0.6) is 0 Å². The zero-order chi connectivity index (χ0) is 28.6. The van der Waals surface area contributed by atoms with Crippen molar-refractivity contribution in [1.82, 2.24) is 20.5 Å². The minimum atomic E-state index is -1.15. The number of rotatable bonds is 9. The van der Waals surface area contributed by atoms with Crippen LogP contribution in [0.4, 0.5) is 0 Å². The Morgan fingerprint density at radius 1 is 1.02 bits per heavy atom. The van der Waals surface area contributed by atoms with Gasteiger partial charge in [-0.05, 0) is 61.6 Å². The molecule has 1 aromatic heterocycles. The van der Waals surface area contributed by atoms with E-state index >= 15 is 0 Å². The quantitative estimate of drug-likeness (QED) is 0.350. The molecule has 0 bridgehead atoms. The Bertz CT molecular complexity index is 1480. The smallest absolute Gasteiger partial charge is 0.289 e. The van der Waals surface area contributed by atoms with E-state index in [-0.39, 0.29) is 36.0 Å². The largest absolute Gasteiger partial charge is 0.351 e. The van der Waals surface area contributed by atoms with Gasteiger partial charge in [0.1, 0.15) is 17.5 Å². The standard InChI is InChI=1S/C32H34N4O5/c37-27-12-6-10-22(27)16-24(28(38)30(40)33-18-20-7-2-1-3-8-20)35-29(39)26-17-32(13-14-32)19-36(26)31(41)25-15-21-9-4-5-11-23(21)34-25/h1-5,7-9,11,15,22,24,26,34H,6,10,12-14,16-19H2,(H,33,40)(H,35,39)/t22-,24?,26-/m0/s1. The van der Waals surface area contributed by atoms with Crippen LogP contribution in [0.3, 0.4) is 0 Å². The molecule has 3 fully saturated rings. The number of Topliss-reactive ketones (excluding diaryl/α,β-unsaturated/α-hetero) is 2. The molecule has 0 radical (unpaired) electrons. The summed E-state index contributed by atoms with van der Waals surface area (Å²) in [7, 11) is 0. The minimum absolute atomic E-state index is 0.0511. The summed E-state index contributed by atoms with van der Waals surface area (Å²) in [4.78, 5) is 70.9. The molecule has 3 aromatic rings. The predicted octanol–water partition coefficient (Wildman–Crippen LogP) is 3.29. The number of nitrogens with one attached hydrogen (secondary N) is 3. The lowest BCUT2D eigenvalue weighted by atomic mass is 9.94. The zero-order valence-electron chi connectivity index (χ0n) is 22.9. The summed E-state index contributed by atoms with van der Waals surface area (Å²) in [6.07, 6.45) is 4.27. The zero-order valence-corrected chi connectivity index (χ0v) is 22.9. The maximum atomic E-state index is 13.8. The van der Waals surface area contributed by atoms with E-state index in [4.69, 9.17) is 0 Å². The van der Waals surface area contributed by atoms with Gasteiger partial charge in [-0.1, -0.05) is 48.5 Å².